The topological polar surface area (TPSA) is 90.2 Å². The molecule has 0 aliphatic carbocycles. The van der Waals surface area contributed by atoms with E-state index >= 15 is 0 Å². The van der Waals surface area contributed by atoms with Gasteiger partial charge in [-0.05, 0) is 18.4 Å². The maximum Gasteiger partial charge on any atom is 0.326 e. The molecule has 90 valence electrons. The van der Waals surface area contributed by atoms with Crippen LogP contribution in [0.5, 0.6) is 0 Å². The van der Waals surface area contributed by atoms with Gasteiger partial charge in [-0.15, -0.1) is 11.8 Å². The van der Waals surface area contributed by atoms with E-state index in [9.17, 15) is 9.59 Å². The minimum absolute atomic E-state index is 0.122. The number of carbonyl (C=O) groups is 2. The molecule has 0 saturated heterocycles. The van der Waals surface area contributed by atoms with Crippen LogP contribution in [-0.2, 0) is 9.59 Å². The molecule has 0 heterocycles. The summed E-state index contributed by atoms with van der Waals surface area (Å²) >= 11 is 2.70. The number of carboxylic acid groups (broad SMARTS) is 1. The Balaban J connectivity index is 3.94. The summed E-state index contributed by atoms with van der Waals surface area (Å²) in [7, 11) is 0. The zero-order chi connectivity index (χ0) is 12.4. The van der Waals surface area contributed by atoms with Crippen molar-refractivity contribution in [1.29, 1.82) is 5.26 Å². The van der Waals surface area contributed by atoms with Gasteiger partial charge in [-0.1, -0.05) is 0 Å². The molecule has 7 heteroatoms. The van der Waals surface area contributed by atoms with Gasteiger partial charge in [0.25, 0.3) is 0 Å². The van der Waals surface area contributed by atoms with Crippen LogP contribution < -0.4 is 5.32 Å². The average Bonchev–Trinajstić information content (AvgIpc) is 2.24. The van der Waals surface area contributed by atoms with Crippen molar-refractivity contribution in [1.82, 2.24) is 5.32 Å². The monoisotopic (exact) mass is 262 g/mol. The van der Waals surface area contributed by atoms with E-state index in [4.69, 9.17) is 10.4 Å². The number of hydrogen-bond donors (Lipinski definition) is 2. The average molecular weight is 262 g/mol. The van der Waals surface area contributed by atoms with Gasteiger partial charge < -0.3 is 10.4 Å². The van der Waals surface area contributed by atoms with Crippen LogP contribution in [0.4, 0.5) is 0 Å². The Labute approximate surface area is 103 Å². The lowest BCUT2D eigenvalue weighted by Gasteiger charge is -2.13. The second kappa shape index (κ2) is 9.36. The Bertz CT molecular complexity index is 278. The first kappa shape index (κ1) is 15.1. The van der Waals surface area contributed by atoms with Crippen molar-refractivity contribution in [2.75, 3.05) is 23.5 Å². The molecule has 0 fully saturated rings. The predicted octanol–water partition coefficient (Wildman–Crippen LogP) is 0.566. The molecule has 1 amide bonds. The number of hydrogen-bond acceptors (Lipinski definition) is 5. The number of nitrogens with zero attached hydrogens (tertiary/aromatic N) is 1. The van der Waals surface area contributed by atoms with Crippen molar-refractivity contribution in [2.45, 2.75) is 12.5 Å². The van der Waals surface area contributed by atoms with Crippen LogP contribution in [0, 0.1) is 11.3 Å². The second-order valence-electron chi connectivity index (χ2n) is 2.89. The molecule has 2 N–H and O–H groups in total. The van der Waals surface area contributed by atoms with Crippen LogP contribution in [0.1, 0.15) is 6.42 Å². The standard InChI is InChI=1S/C9H14N2O3S2/c1-15-4-2-7(9(13)14)11-8(12)6-16-5-3-10/h7H,2,4-6H2,1H3,(H,11,12)(H,13,14). The maximum absolute atomic E-state index is 11.3. The van der Waals surface area contributed by atoms with Crippen LogP contribution in [0.15, 0.2) is 0 Å². The highest BCUT2D eigenvalue weighted by Crippen LogP contribution is 2.02. The summed E-state index contributed by atoms with van der Waals surface area (Å²) in [6.07, 6.45) is 2.29. The van der Waals surface area contributed by atoms with Crippen LogP contribution in [0.2, 0.25) is 0 Å². The van der Waals surface area contributed by atoms with Crippen molar-refractivity contribution in [2.24, 2.45) is 0 Å². The third-order valence-corrected chi connectivity index (χ3v) is 3.09. The van der Waals surface area contributed by atoms with E-state index in [0.717, 1.165) is 0 Å². The molecule has 16 heavy (non-hydrogen) atoms. The van der Waals surface area contributed by atoms with Crippen LogP contribution >= 0.6 is 23.5 Å². The largest absolute Gasteiger partial charge is 0.480 e. The number of carbonyl (C=O) groups excluding carboxylic acids is 1. The number of nitriles is 1. The van der Waals surface area contributed by atoms with Gasteiger partial charge in [-0.3, -0.25) is 4.79 Å². The Morgan fingerprint density at radius 1 is 1.56 bits per heavy atom. The van der Waals surface area contributed by atoms with Crippen LogP contribution in [0.25, 0.3) is 0 Å². The fourth-order valence-corrected chi connectivity index (χ4v) is 1.85. The van der Waals surface area contributed by atoms with Crippen molar-refractivity contribution in [3.8, 4) is 6.07 Å². The predicted molar refractivity (Wildman–Crippen MR) is 65.5 cm³/mol. The minimum Gasteiger partial charge on any atom is -0.480 e. The number of carboxylic acids is 1. The lowest BCUT2D eigenvalue weighted by Crippen LogP contribution is -2.42. The second-order valence-corrected chi connectivity index (χ2v) is 4.86. The van der Waals surface area contributed by atoms with Gasteiger partial charge in [0, 0.05) is 0 Å². The quantitative estimate of drug-likeness (QED) is 0.621. The summed E-state index contributed by atoms with van der Waals surface area (Å²) in [6.45, 7) is 0. The molecule has 0 aromatic rings. The van der Waals surface area contributed by atoms with E-state index in [1.807, 2.05) is 12.3 Å². The first-order chi connectivity index (χ1) is 7.61. The molecule has 0 spiro atoms. The number of nitrogens with one attached hydrogen (secondary N) is 1. The van der Waals surface area contributed by atoms with E-state index < -0.39 is 12.0 Å². The fraction of sp³-hybridized carbons (Fsp3) is 0.667. The van der Waals surface area contributed by atoms with Crippen molar-refractivity contribution < 1.29 is 14.7 Å². The third kappa shape index (κ3) is 7.43. The molecule has 1 atom stereocenters. The third-order valence-electron chi connectivity index (χ3n) is 1.64. The molecule has 0 aromatic heterocycles. The van der Waals surface area contributed by atoms with Gasteiger partial charge in [-0.2, -0.15) is 17.0 Å². The SMILES string of the molecule is CSCCC(NC(=O)CSCC#N)C(=O)O. The van der Waals surface area contributed by atoms with E-state index in [1.54, 1.807) is 0 Å². The van der Waals surface area contributed by atoms with Gasteiger partial charge in [0.2, 0.25) is 5.91 Å². The molecule has 0 aliphatic heterocycles. The number of amides is 1. The summed E-state index contributed by atoms with van der Waals surface area (Å²) in [6, 6.07) is 1.07. The number of thioether (sulfide) groups is 2. The first-order valence-corrected chi connectivity index (χ1v) is 7.12. The van der Waals surface area contributed by atoms with Crippen molar-refractivity contribution in [3.05, 3.63) is 0 Å². The Hall–Kier alpha value is -0.870. The van der Waals surface area contributed by atoms with E-state index in [-0.39, 0.29) is 17.4 Å². The molecule has 0 aliphatic rings. The summed E-state index contributed by atoms with van der Waals surface area (Å²) in [5.41, 5.74) is 0. The van der Waals surface area contributed by atoms with Crippen molar-refractivity contribution in [3.63, 3.8) is 0 Å². The fourth-order valence-electron chi connectivity index (χ4n) is 0.918. The Morgan fingerprint density at radius 2 is 2.25 bits per heavy atom. The molecular formula is C9H14N2O3S2. The highest BCUT2D eigenvalue weighted by molar-refractivity contribution is 8.00. The van der Waals surface area contributed by atoms with E-state index in [1.165, 1.54) is 23.5 Å². The molecule has 0 saturated carbocycles. The number of aliphatic carboxylic acids is 1. The Kier molecular flexibility index (Phi) is 8.85. The molecular weight excluding hydrogens is 248 g/mol. The zero-order valence-corrected chi connectivity index (χ0v) is 10.6. The van der Waals surface area contributed by atoms with Crippen molar-refractivity contribution >= 4 is 35.4 Å². The number of rotatable bonds is 8. The summed E-state index contributed by atoms with van der Waals surface area (Å²) < 4.78 is 0. The summed E-state index contributed by atoms with van der Waals surface area (Å²) in [4.78, 5) is 22.1. The minimum atomic E-state index is -1.02. The zero-order valence-electron chi connectivity index (χ0n) is 8.93. The molecule has 1 unspecified atom stereocenters. The summed E-state index contributed by atoms with van der Waals surface area (Å²) in [5.74, 6) is -0.323. The highest BCUT2D eigenvalue weighted by atomic mass is 32.2. The Morgan fingerprint density at radius 3 is 2.75 bits per heavy atom. The molecule has 0 radical (unpaired) electrons. The van der Waals surface area contributed by atoms with Gasteiger partial charge in [-0.25, -0.2) is 4.79 Å². The van der Waals surface area contributed by atoms with Gasteiger partial charge in [0.1, 0.15) is 6.04 Å². The van der Waals surface area contributed by atoms with Crippen LogP contribution in [-0.4, -0.2) is 46.5 Å². The smallest absolute Gasteiger partial charge is 0.326 e. The highest BCUT2D eigenvalue weighted by Gasteiger charge is 2.18. The van der Waals surface area contributed by atoms with E-state index in [2.05, 4.69) is 5.32 Å². The van der Waals surface area contributed by atoms with Gasteiger partial charge in [0.15, 0.2) is 0 Å². The molecule has 5 nitrogen and oxygen atoms in total. The van der Waals surface area contributed by atoms with Gasteiger partial charge >= 0.3 is 5.97 Å². The molecule has 0 aromatic carbocycles. The lowest BCUT2D eigenvalue weighted by molar-refractivity contribution is -0.141. The van der Waals surface area contributed by atoms with Crippen LogP contribution in [0.3, 0.4) is 0 Å². The first-order valence-electron chi connectivity index (χ1n) is 4.57. The molecule has 0 bridgehead atoms. The lowest BCUT2D eigenvalue weighted by atomic mass is 10.2. The maximum atomic E-state index is 11.3. The summed E-state index contributed by atoms with van der Waals surface area (Å²) in [5, 5.41) is 19.5. The normalized spacial score (nSPS) is 11.5. The molecule has 0 rings (SSSR count). The van der Waals surface area contributed by atoms with Gasteiger partial charge in [0.05, 0.1) is 17.6 Å². The van der Waals surface area contributed by atoms with E-state index in [0.29, 0.717) is 12.2 Å².